The number of hydrogen-bond acceptors (Lipinski definition) is 4. The first-order valence-electron chi connectivity index (χ1n) is 5.12. The molecule has 90 valence electrons. The van der Waals surface area contributed by atoms with Gasteiger partial charge in [-0.3, -0.25) is 9.78 Å². The Labute approximate surface area is 100.0 Å². The van der Waals surface area contributed by atoms with Gasteiger partial charge in [-0.1, -0.05) is 12.1 Å². The zero-order valence-electron chi connectivity index (χ0n) is 9.16. The van der Waals surface area contributed by atoms with Gasteiger partial charge in [0, 0.05) is 0 Å². The summed E-state index contributed by atoms with van der Waals surface area (Å²) in [6.45, 7) is 0. The summed E-state index contributed by atoms with van der Waals surface area (Å²) in [5.74, 6) is 0.385. The highest BCUT2D eigenvalue weighted by molar-refractivity contribution is 5.82. The highest BCUT2D eigenvalue weighted by Crippen LogP contribution is 2.16. The molecule has 0 aliphatic carbocycles. The number of aromatic nitrogens is 4. The second kappa shape index (κ2) is 3.55. The molecule has 18 heavy (non-hydrogen) atoms. The molecular formula is C10H9N7O. The van der Waals surface area contributed by atoms with Gasteiger partial charge >= 0.3 is 0 Å². The van der Waals surface area contributed by atoms with Gasteiger partial charge in [-0.15, -0.1) is 10.2 Å². The molecule has 0 aliphatic heterocycles. The Morgan fingerprint density at radius 1 is 1.28 bits per heavy atom. The molecule has 5 N–H and O–H groups in total. The predicted octanol–water partition coefficient (Wildman–Crippen LogP) is -0.524. The highest BCUT2D eigenvalue weighted by atomic mass is 16.1. The first-order valence-corrected chi connectivity index (χ1v) is 5.12. The molecule has 0 saturated carbocycles. The zero-order chi connectivity index (χ0) is 12.7. The van der Waals surface area contributed by atoms with Crippen LogP contribution in [0.5, 0.6) is 0 Å². The number of nitrogens with zero attached hydrogens (tertiary/aromatic N) is 4. The largest absolute Gasteiger partial charge is 0.370 e. The average molecular weight is 243 g/mol. The Kier molecular flexibility index (Phi) is 2.03. The quantitative estimate of drug-likeness (QED) is 0.391. The second-order valence-corrected chi connectivity index (χ2v) is 3.67. The Morgan fingerprint density at radius 3 is 2.83 bits per heavy atom. The fourth-order valence-electron chi connectivity index (χ4n) is 1.80. The van der Waals surface area contributed by atoms with Crippen LogP contribution in [0.1, 0.15) is 0 Å². The molecule has 0 spiro atoms. The molecule has 8 heteroatoms. The maximum Gasteiger partial charge on any atom is 0.260 e. The van der Waals surface area contributed by atoms with Gasteiger partial charge in [-0.2, -0.15) is 4.99 Å². The van der Waals surface area contributed by atoms with E-state index in [1.54, 1.807) is 28.7 Å². The highest BCUT2D eigenvalue weighted by Gasteiger charge is 2.10. The fraction of sp³-hybridized carbons (Fsp3) is 0. The Morgan fingerprint density at radius 2 is 2.06 bits per heavy atom. The SMILES string of the molecule is NC(N)=Nc1nnc2[nH]c(=O)c3ccccc3n12. The van der Waals surface area contributed by atoms with Crippen LogP contribution in [0.25, 0.3) is 16.7 Å². The minimum Gasteiger partial charge on any atom is -0.370 e. The molecule has 2 heterocycles. The van der Waals surface area contributed by atoms with E-state index in [0.29, 0.717) is 16.7 Å². The number of H-pyrrole nitrogens is 1. The first-order chi connectivity index (χ1) is 8.66. The Hall–Kier alpha value is -2.90. The van der Waals surface area contributed by atoms with Crippen molar-refractivity contribution in [3.8, 4) is 0 Å². The van der Waals surface area contributed by atoms with E-state index < -0.39 is 0 Å². The molecular weight excluding hydrogens is 234 g/mol. The maximum absolute atomic E-state index is 11.8. The summed E-state index contributed by atoms with van der Waals surface area (Å²) < 4.78 is 1.58. The summed E-state index contributed by atoms with van der Waals surface area (Å²) in [5, 5.41) is 8.15. The van der Waals surface area contributed by atoms with Crippen molar-refractivity contribution in [2.24, 2.45) is 16.5 Å². The third-order valence-electron chi connectivity index (χ3n) is 2.49. The van der Waals surface area contributed by atoms with Crippen LogP contribution in [0.4, 0.5) is 5.95 Å². The number of aromatic amines is 1. The van der Waals surface area contributed by atoms with E-state index in [4.69, 9.17) is 11.5 Å². The molecule has 0 unspecified atom stereocenters. The number of aliphatic imine (C=N–C) groups is 1. The molecule has 8 nitrogen and oxygen atoms in total. The number of benzene rings is 1. The van der Waals surface area contributed by atoms with E-state index in [2.05, 4.69) is 20.2 Å². The van der Waals surface area contributed by atoms with Crippen molar-refractivity contribution >= 4 is 28.6 Å². The third kappa shape index (κ3) is 1.39. The molecule has 1 aromatic carbocycles. The molecule has 0 saturated heterocycles. The lowest BCUT2D eigenvalue weighted by Crippen LogP contribution is -2.22. The minimum absolute atomic E-state index is 0.125. The van der Waals surface area contributed by atoms with E-state index in [9.17, 15) is 4.79 Å². The van der Waals surface area contributed by atoms with Crippen LogP contribution in [-0.2, 0) is 0 Å². The molecule has 0 fully saturated rings. The van der Waals surface area contributed by atoms with Crippen LogP contribution in [0.2, 0.25) is 0 Å². The summed E-state index contributed by atoms with van der Waals surface area (Å²) in [6, 6.07) is 7.05. The molecule has 3 aromatic rings. The van der Waals surface area contributed by atoms with Gasteiger partial charge in [0.1, 0.15) is 0 Å². The monoisotopic (exact) mass is 243 g/mol. The average Bonchev–Trinajstić information content (AvgIpc) is 2.72. The van der Waals surface area contributed by atoms with Crippen molar-refractivity contribution in [3.05, 3.63) is 34.6 Å². The van der Waals surface area contributed by atoms with Crippen LogP contribution in [0, 0.1) is 0 Å². The lowest BCUT2D eigenvalue weighted by atomic mass is 10.2. The smallest absolute Gasteiger partial charge is 0.260 e. The standard InChI is InChI=1S/C10H9N7O/c11-8(12)14-10-16-15-9-13-7(18)5-3-1-2-4-6(5)17(9)10/h1-4H,(H,13,15,18)(H4,11,12,14,16). The first kappa shape index (κ1) is 10.3. The molecule has 0 amide bonds. The van der Waals surface area contributed by atoms with E-state index in [1.165, 1.54) is 0 Å². The van der Waals surface area contributed by atoms with E-state index >= 15 is 0 Å². The summed E-state index contributed by atoms with van der Waals surface area (Å²) in [7, 11) is 0. The van der Waals surface area contributed by atoms with Crippen molar-refractivity contribution in [2.45, 2.75) is 0 Å². The van der Waals surface area contributed by atoms with E-state index in [1.807, 2.05) is 0 Å². The third-order valence-corrected chi connectivity index (χ3v) is 2.49. The van der Waals surface area contributed by atoms with Crippen LogP contribution in [0.15, 0.2) is 34.1 Å². The number of guanidine groups is 1. The van der Waals surface area contributed by atoms with Crippen molar-refractivity contribution in [2.75, 3.05) is 0 Å². The topological polar surface area (TPSA) is 127 Å². The number of para-hydroxylation sites is 1. The van der Waals surface area contributed by atoms with Gasteiger partial charge in [0.15, 0.2) is 5.96 Å². The zero-order valence-corrected chi connectivity index (χ0v) is 9.16. The number of hydrogen-bond donors (Lipinski definition) is 3. The van der Waals surface area contributed by atoms with Gasteiger partial charge in [-0.25, -0.2) is 4.40 Å². The number of fused-ring (bicyclic) bond motifs is 3. The van der Waals surface area contributed by atoms with E-state index in [-0.39, 0.29) is 17.5 Å². The van der Waals surface area contributed by atoms with Crippen molar-refractivity contribution in [1.82, 2.24) is 19.6 Å². The molecule has 0 aliphatic rings. The fourth-order valence-corrected chi connectivity index (χ4v) is 1.80. The number of nitrogens with one attached hydrogen (secondary N) is 1. The lowest BCUT2D eigenvalue weighted by molar-refractivity contribution is 1.08. The molecule has 3 rings (SSSR count). The predicted molar refractivity (Wildman–Crippen MR) is 66.6 cm³/mol. The van der Waals surface area contributed by atoms with Crippen LogP contribution in [0.3, 0.4) is 0 Å². The van der Waals surface area contributed by atoms with Gasteiger partial charge in [0.2, 0.25) is 5.78 Å². The van der Waals surface area contributed by atoms with Gasteiger partial charge in [0.05, 0.1) is 10.9 Å². The summed E-state index contributed by atoms with van der Waals surface area (Å²) in [6.07, 6.45) is 0. The number of nitrogens with two attached hydrogens (primary N) is 2. The minimum atomic E-state index is -0.234. The summed E-state index contributed by atoms with van der Waals surface area (Å²) in [5.41, 5.74) is 11.1. The van der Waals surface area contributed by atoms with Crippen LogP contribution in [-0.4, -0.2) is 25.5 Å². The van der Waals surface area contributed by atoms with Crippen LogP contribution >= 0.6 is 0 Å². The molecule has 0 bridgehead atoms. The van der Waals surface area contributed by atoms with Gasteiger partial charge in [0.25, 0.3) is 11.5 Å². The molecule has 0 atom stereocenters. The van der Waals surface area contributed by atoms with Gasteiger partial charge < -0.3 is 11.5 Å². The number of rotatable bonds is 1. The van der Waals surface area contributed by atoms with Crippen molar-refractivity contribution in [3.63, 3.8) is 0 Å². The molecule has 0 radical (unpaired) electrons. The van der Waals surface area contributed by atoms with Crippen molar-refractivity contribution in [1.29, 1.82) is 0 Å². The Bertz CT molecular complexity index is 825. The normalized spacial score (nSPS) is 10.9. The van der Waals surface area contributed by atoms with Crippen LogP contribution < -0.4 is 17.0 Å². The molecule has 2 aromatic heterocycles. The summed E-state index contributed by atoms with van der Waals surface area (Å²) in [4.78, 5) is 18.3. The maximum atomic E-state index is 11.8. The summed E-state index contributed by atoms with van der Waals surface area (Å²) >= 11 is 0. The second-order valence-electron chi connectivity index (χ2n) is 3.67. The lowest BCUT2D eigenvalue weighted by Gasteiger charge is -2.01. The van der Waals surface area contributed by atoms with Crippen molar-refractivity contribution < 1.29 is 0 Å². The van der Waals surface area contributed by atoms with E-state index in [0.717, 1.165) is 0 Å². The van der Waals surface area contributed by atoms with Gasteiger partial charge in [-0.05, 0) is 12.1 Å². The Balaban J connectivity index is 2.54.